The molecule has 2 N–H and O–H groups in total. The van der Waals surface area contributed by atoms with Crippen molar-refractivity contribution in [1.82, 2.24) is 0 Å². The number of carbonyl (C=O) groups excluding carboxylic acids is 1. The van der Waals surface area contributed by atoms with Gasteiger partial charge in [0.2, 0.25) is 0 Å². The Morgan fingerprint density at radius 1 is 1.33 bits per heavy atom. The minimum atomic E-state index is -0.809. The van der Waals surface area contributed by atoms with Crippen molar-refractivity contribution in [2.45, 2.75) is 77.7 Å². The highest BCUT2D eigenvalue weighted by atomic mass is 16.7. The molecule has 5 nitrogen and oxygen atoms in total. The Balaban J connectivity index is 2.30. The van der Waals surface area contributed by atoms with E-state index in [4.69, 9.17) is 9.47 Å². The molecule has 0 saturated carbocycles. The third-order valence-electron chi connectivity index (χ3n) is 3.65. The summed E-state index contributed by atoms with van der Waals surface area (Å²) in [7, 11) is 0. The lowest BCUT2D eigenvalue weighted by Crippen LogP contribution is -2.48. The van der Waals surface area contributed by atoms with Gasteiger partial charge in [-0.3, -0.25) is 4.79 Å². The monoisotopic (exact) mass is 300 g/mol. The van der Waals surface area contributed by atoms with Crippen LogP contribution in [-0.4, -0.2) is 46.7 Å². The van der Waals surface area contributed by atoms with E-state index in [0.717, 1.165) is 12.8 Å². The summed E-state index contributed by atoms with van der Waals surface area (Å²) in [6, 6.07) is 0. The zero-order valence-electron chi connectivity index (χ0n) is 13.4. The molecule has 5 atom stereocenters. The molecule has 0 radical (unpaired) electrons. The maximum absolute atomic E-state index is 11.4. The number of aliphatic hydroxyl groups excluding tert-OH is 2. The Morgan fingerprint density at radius 2 is 2.00 bits per heavy atom. The fourth-order valence-corrected chi connectivity index (χ4v) is 2.09. The minimum Gasteiger partial charge on any atom is -0.390 e. The lowest BCUT2D eigenvalue weighted by molar-refractivity contribution is -0.273. The Labute approximate surface area is 126 Å². The number of rotatable bonds is 7. The molecule has 0 bridgehead atoms. The zero-order valence-corrected chi connectivity index (χ0v) is 13.4. The molecule has 1 fully saturated rings. The van der Waals surface area contributed by atoms with Crippen LogP contribution in [0.5, 0.6) is 0 Å². The lowest BCUT2D eigenvalue weighted by atomic mass is 10.0. The predicted octanol–water partition coefficient (Wildman–Crippen LogP) is 1.81. The predicted molar refractivity (Wildman–Crippen MR) is 79.7 cm³/mol. The molecule has 1 aliphatic heterocycles. The molecule has 21 heavy (non-hydrogen) atoms. The van der Waals surface area contributed by atoms with Crippen LogP contribution in [0.25, 0.3) is 0 Å². The van der Waals surface area contributed by atoms with Crippen molar-refractivity contribution >= 4 is 5.78 Å². The molecule has 122 valence electrons. The summed E-state index contributed by atoms with van der Waals surface area (Å²) < 4.78 is 11.1. The van der Waals surface area contributed by atoms with Crippen LogP contribution in [0.15, 0.2) is 12.2 Å². The Morgan fingerprint density at radius 3 is 2.62 bits per heavy atom. The van der Waals surface area contributed by atoms with Crippen molar-refractivity contribution in [1.29, 1.82) is 0 Å². The Kier molecular flexibility index (Phi) is 7.52. The van der Waals surface area contributed by atoms with E-state index < -0.39 is 18.5 Å². The third kappa shape index (κ3) is 6.26. The summed E-state index contributed by atoms with van der Waals surface area (Å²) in [5.74, 6) is 0.144. The Hall–Kier alpha value is -0.750. The van der Waals surface area contributed by atoms with Crippen molar-refractivity contribution < 1.29 is 24.5 Å². The number of ether oxygens (including phenoxy) is 2. The molecule has 1 unspecified atom stereocenters. The Bertz CT molecular complexity index is 353. The fraction of sp³-hybridized carbons (Fsp3) is 0.812. The van der Waals surface area contributed by atoms with Crippen molar-refractivity contribution in [3.63, 3.8) is 0 Å². The van der Waals surface area contributed by atoms with Gasteiger partial charge in [0.1, 0.15) is 6.10 Å². The molecule has 0 aliphatic carbocycles. The minimum absolute atomic E-state index is 0.0219. The molecule has 0 aromatic rings. The van der Waals surface area contributed by atoms with Crippen molar-refractivity contribution in [3.05, 3.63) is 12.2 Å². The van der Waals surface area contributed by atoms with Crippen LogP contribution in [0, 0.1) is 5.92 Å². The topological polar surface area (TPSA) is 76.0 Å². The van der Waals surface area contributed by atoms with Gasteiger partial charge >= 0.3 is 0 Å². The van der Waals surface area contributed by atoms with Crippen LogP contribution < -0.4 is 0 Å². The van der Waals surface area contributed by atoms with Crippen LogP contribution >= 0.6 is 0 Å². The van der Waals surface area contributed by atoms with Gasteiger partial charge < -0.3 is 19.7 Å². The first-order valence-corrected chi connectivity index (χ1v) is 7.68. The van der Waals surface area contributed by atoms with Crippen LogP contribution in [0.4, 0.5) is 0 Å². The van der Waals surface area contributed by atoms with Gasteiger partial charge in [0.05, 0.1) is 18.3 Å². The van der Waals surface area contributed by atoms with Gasteiger partial charge in [0.15, 0.2) is 12.1 Å². The third-order valence-corrected chi connectivity index (χ3v) is 3.65. The van der Waals surface area contributed by atoms with E-state index in [1.807, 2.05) is 26.8 Å². The van der Waals surface area contributed by atoms with E-state index in [1.54, 1.807) is 13.0 Å². The van der Waals surface area contributed by atoms with E-state index in [-0.39, 0.29) is 30.3 Å². The lowest BCUT2D eigenvalue weighted by Gasteiger charge is -2.36. The van der Waals surface area contributed by atoms with Crippen LogP contribution in [0.2, 0.25) is 0 Å². The van der Waals surface area contributed by atoms with Gasteiger partial charge in [-0.2, -0.15) is 0 Å². The second-order valence-electron chi connectivity index (χ2n) is 6.06. The number of aliphatic hydroxyl groups is 2. The number of carbonyl (C=O) groups is 1. The quantitative estimate of drug-likeness (QED) is 0.701. The highest BCUT2D eigenvalue weighted by Crippen LogP contribution is 2.22. The summed E-state index contributed by atoms with van der Waals surface area (Å²) in [5, 5.41) is 19.4. The summed E-state index contributed by atoms with van der Waals surface area (Å²) in [6.45, 7) is 7.41. The van der Waals surface area contributed by atoms with E-state index in [9.17, 15) is 15.0 Å². The highest BCUT2D eigenvalue weighted by Gasteiger charge is 2.35. The van der Waals surface area contributed by atoms with Crippen molar-refractivity contribution in [2.75, 3.05) is 0 Å². The van der Waals surface area contributed by atoms with E-state index >= 15 is 0 Å². The van der Waals surface area contributed by atoms with E-state index in [2.05, 4.69) is 0 Å². The number of allylic oxidation sites excluding steroid dienone is 2. The summed E-state index contributed by atoms with van der Waals surface area (Å²) in [6.07, 6.45) is 2.62. The smallest absolute Gasteiger partial charge is 0.184 e. The summed E-state index contributed by atoms with van der Waals surface area (Å²) >= 11 is 0. The summed E-state index contributed by atoms with van der Waals surface area (Å²) in [4.78, 5) is 11.4. The van der Waals surface area contributed by atoms with Gasteiger partial charge in [-0.05, 0) is 32.8 Å². The molecular formula is C16H28O5. The molecule has 0 aromatic heterocycles. The van der Waals surface area contributed by atoms with Gasteiger partial charge in [-0.25, -0.2) is 0 Å². The second-order valence-corrected chi connectivity index (χ2v) is 6.06. The van der Waals surface area contributed by atoms with Crippen LogP contribution in [0.1, 0.15) is 47.0 Å². The summed E-state index contributed by atoms with van der Waals surface area (Å²) in [5.41, 5.74) is 0. The van der Waals surface area contributed by atoms with Gasteiger partial charge in [0.25, 0.3) is 0 Å². The number of ketones is 1. The van der Waals surface area contributed by atoms with Gasteiger partial charge in [-0.1, -0.05) is 19.9 Å². The van der Waals surface area contributed by atoms with Crippen LogP contribution in [-0.2, 0) is 14.3 Å². The van der Waals surface area contributed by atoms with Gasteiger partial charge in [-0.15, -0.1) is 0 Å². The maximum atomic E-state index is 11.4. The van der Waals surface area contributed by atoms with E-state index in [0.29, 0.717) is 0 Å². The second kappa shape index (κ2) is 8.63. The molecular weight excluding hydrogens is 272 g/mol. The molecule has 0 spiro atoms. The maximum Gasteiger partial charge on any atom is 0.184 e. The largest absolute Gasteiger partial charge is 0.390 e. The highest BCUT2D eigenvalue weighted by molar-refractivity contribution is 5.91. The van der Waals surface area contributed by atoms with Crippen molar-refractivity contribution in [3.8, 4) is 0 Å². The normalized spacial score (nSPS) is 31.8. The molecule has 5 heteroatoms. The average molecular weight is 300 g/mol. The number of hydrogen-bond acceptors (Lipinski definition) is 5. The SMILES string of the molecule is CC(CC/C=C/C(=O)C(C)C)O[C@@H]1O[C@@H](C)[C@H](O)C[C@H]1O. The standard InChI is InChI=1S/C16H28O5/c1-10(2)13(17)8-6-5-7-11(3)20-16-15(19)9-14(18)12(4)21-16/h6,8,10-12,14-16,18-19H,5,7,9H2,1-4H3/b8-6+/t11?,12-,14+,15+,16+/m0/s1. The fourth-order valence-electron chi connectivity index (χ4n) is 2.09. The molecule has 1 rings (SSSR count). The van der Waals surface area contributed by atoms with Crippen LogP contribution in [0.3, 0.4) is 0 Å². The molecule has 1 aliphatic rings. The molecule has 1 heterocycles. The van der Waals surface area contributed by atoms with E-state index in [1.165, 1.54) is 0 Å². The molecule has 0 aromatic carbocycles. The number of hydrogen-bond donors (Lipinski definition) is 2. The van der Waals surface area contributed by atoms with Crippen molar-refractivity contribution in [2.24, 2.45) is 5.92 Å². The first-order valence-electron chi connectivity index (χ1n) is 7.68. The molecule has 0 amide bonds. The first-order chi connectivity index (χ1) is 9.81. The molecule has 1 saturated heterocycles. The first kappa shape index (κ1) is 18.3. The van der Waals surface area contributed by atoms with Gasteiger partial charge in [0, 0.05) is 12.3 Å². The zero-order chi connectivity index (χ0) is 16.0. The average Bonchev–Trinajstić information content (AvgIpc) is 2.40.